The number of hydrogen-bond donors (Lipinski definition) is 7. The number of nitrogens with one attached hydrogen (secondary N) is 5. The van der Waals surface area contributed by atoms with Crippen molar-refractivity contribution in [2.75, 3.05) is 102 Å². The average Bonchev–Trinajstić information content (AvgIpc) is 1.63. The number of benzene rings is 3. The summed E-state index contributed by atoms with van der Waals surface area (Å²) in [7, 11) is 1.53. The molecule has 34 heteroatoms. The van der Waals surface area contributed by atoms with Gasteiger partial charge in [0.05, 0.1) is 52.2 Å². The molecule has 3 fully saturated rings. The number of halogens is 2. The van der Waals surface area contributed by atoms with E-state index in [2.05, 4.69) is 88.4 Å². The second-order valence-electron chi connectivity index (χ2n) is 29.8. The number of nitrogens with zero attached hydrogens (tertiary/aromatic N) is 10. The Morgan fingerprint density at radius 2 is 1.50 bits per heavy atom. The molecule has 31 nitrogen and oxygen atoms in total. The summed E-state index contributed by atoms with van der Waals surface area (Å²) in [6, 6.07) is 22.8. The van der Waals surface area contributed by atoms with Crippen LogP contribution in [0.1, 0.15) is 133 Å². The zero-order chi connectivity index (χ0) is 80.6. The van der Waals surface area contributed by atoms with Gasteiger partial charge in [-0.1, -0.05) is 101 Å². The number of aliphatic hydroxyl groups is 1. The number of carbonyl (C=O) groups is 9. The molecule has 0 radical (unpaired) electrons. The fourth-order valence-corrected chi connectivity index (χ4v) is 16.6. The molecule has 10 amide bonds. The summed E-state index contributed by atoms with van der Waals surface area (Å²) < 4.78 is 29.9. The maximum atomic E-state index is 15.2. The van der Waals surface area contributed by atoms with Gasteiger partial charge < -0.3 is 70.7 Å². The maximum Gasteiger partial charge on any atom is 0.417 e. The van der Waals surface area contributed by atoms with Gasteiger partial charge in [-0.25, -0.2) is 14.6 Å². The third-order valence-electron chi connectivity index (χ3n) is 21.1. The number of methoxy groups -OCH3 is 1. The summed E-state index contributed by atoms with van der Waals surface area (Å²) in [4.78, 5) is 139. The molecule has 8 atom stereocenters. The first kappa shape index (κ1) is 84.5. The number of likely N-dealkylation sites (tertiary alicyclic amines) is 2. The van der Waals surface area contributed by atoms with Crippen LogP contribution in [0.3, 0.4) is 0 Å². The van der Waals surface area contributed by atoms with E-state index in [0.29, 0.717) is 85.4 Å². The van der Waals surface area contributed by atoms with Crippen molar-refractivity contribution in [2.24, 2.45) is 23.5 Å². The highest BCUT2D eigenvalue weighted by molar-refractivity contribution is 9.14. The van der Waals surface area contributed by atoms with Crippen LogP contribution in [0, 0.1) is 24.7 Å². The Hall–Kier alpha value is -9.45. The number of aryl methyl sites for hydroxylation is 1. The van der Waals surface area contributed by atoms with Gasteiger partial charge in [-0.2, -0.15) is 0 Å². The molecule has 5 aliphatic heterocycles. The Labute approximate surface area is 677 Å². The van der Waals surface area contributed by atoms with Crippen LogP contribution in [0.2, 0.25) is 0 Å². The molecule has 0 spiro atoms. The average molecular weight is 1710 g/mol. The molecular formula is C79H100Br2N16O15S. The van der Waals surface area contributed by atoms with Gasteiger partial charge in [0.25, 0.3) is 17.7 Å². The zero-order valence-corrected chi connectivity index (χ0v) is 68.5. The molecule has 1 unspecified atom stereocenters. The number of β-amino-alcohol motifs (C(OH)–C–C–N with tert-alkyl or cyclic N) is 1. The Balaban J connectivity index is 0.709. The van der Waals surface area contributed by atoms with E-state index in [9.17, 15) is 43.5 Å². The smallest absolute Gasteiger partial charge is 0.417 e. The second-order valence-corrected chi connectivity index (χ2v) is 32.2. The van der Waals surface area contributed by atoms with Crippen molar-refractivity contribution in [1.29, 1.82) is 0 Å². The van der Waals surface area contributed by atoms with Crippen molar-refractivity contribution in [2.45, 2.75) is 148 Å². The lowest BCUT2D eigenvalue weighted by Crippen LogP contribution is -2.61. The number of rotatable bonds is 35. The second kappa shape index (κ2) is 39.5. The van der Waals surface area contributed by atoms with Gasteiger partial charge in [-0.15, -0.1) is 21.5 Å². The lowest BCUT2D eigenvalue weighted by molar-refractivity contribution is -0.141. The van der Waals surface area contributed by atoms with Gasteiger partial charge in [0.1, 0.15) is 45.4 Å². The van der Waals surface area contributed by atoms with Crippen LogP contribution in [0.5, 0.6) is 11.6 Å². The van der Waals surface area contributed by atoms with Crippen LogP contribution < -0.4 is 51.6 Å². The van der Waals surface area contributed by atoms with Crippen LogP contribution >= 0.6 is 43.2 Å². The molecule has 11 rings (SSSR count). The molecule has 0 aliphatic carbocycles. The molecule has 0 bridgehead atoms. The van der Waals surface area contributed by atoms with Crippen LogP contribution in [0.4, 0.5) is 21.1 Å². The van der Waals surface area contributed by atoms with Crippen molar-refractivity contribution in [3.8, 4) is 33.3 Å². The van der Waals surface area contributed by atoms with Crippen molar-refractivity contribution < 1.29 is 71.7 Å². The Morgan fingerprint density at radius 3 is 2.19 bits per heavy atom. The van der Waals surface area contributed by atoms with Crippen LogP contribution in [-0.2, 0) is 43.0 Å². The number of anilines is 2. The van der Waals surface area contributed by atoms with Gasteiger partial charge in [0, 0.05) is 89.5 Å². The number of aromatic nitrogens is 4. The largest absolute Gasteiger partial charge is 0.474 e. The van der Waals surface area contributed by atoms with Gasteiger partial charge in [-0.05, 0) is 150 Å². The monoisotopic (exact) mass is 1700 g/mol. The number of unbranched alkanes of at least 4 members (excludes halogenated alkanes) is 2. The van der Waals surface area contributed by atoms with E-state index in [1.807, 2.05) is 87.8 Å². The van der Waals surface area contributed by atoms with Crippen molar-refractivity contribution >= 4 is 108 Å². The summed E-state index contributed by atoms with van der Waals surface area (Å²) >= 11 is 7.84. The standard InChI is InChI=1S/C79H100Br2N16O15S/c1-46(2)65(75(103)96-43-55(98)37-60(96)72(101)85-48(5)51-23-25-52(26-24-51)69-49(6)84-44-113-69)62-39-64(91-112-62)109-36-35-92-31-27-50(28-32-92)40-93-33-34-94-54(41-93)42-97(70-59(94)38-58(89-90-70)56-19-13-14-21-61(56)110-45-108-7)79(107)111-74(53-17-10-8-11-18-53)88-71(100)57(20-16-29-83-78(82)106)86-73(102)68(47(3)4)87-63(99)22-12-9-15-30-95-76(104)66(80)67(81)77(95)105/h8,10-11,13-14,17-19,21,23-26,38-39,44,46-48,50,54-55,57,60,65,68,74,98H,9,12,15-16,20,22,27-37,40-43,45H2,1-7H3,(H,85,101)(H,86,102)(H,87,99)(H,88,100)(H3,82,83,106)/t48-,54+,55+,57-,60-,65+,68-,74?/m0/s1. The van der Waals surface area contributed by atoms with E-state index >= 15 is 4.79 Å². The summed E-state index contributed by atoms with van der Waals surface area (Å²) in [5.74, 6) is -3.22. The van der Waals surface area contributed by atoms with Crippen LogP contribution in [-0.4, -0.2) is 221 Å². The highest BCUT2D eigenvalue weighted by Crippen LogP contribution is 2.41. The fourth-order valence-electron chi connectivity index (χ4n) is 15.0. The van der Waals surface area contributed by atoms with Crippen molar-refractivity contribution in [3.63, 3.8) is 0 Å². The summed E-state index contributed by atoms with van der Waals surface area (Å²) in [5, 5.41) is 38.6. The Morgan fingerprint density at radius 1 is 0.761 bits per heavy atom. The van der Waals surface area contributed by atoms with Crippen molar-refractivity contribution in [1.82, 2.24) is 66.5 Å². The first-order chi connectivity index (χ1) is 54.3. The van der Waals surface area contributed by atoms with E-state index in [1.165, 1.54) is 16.9 Å². The molecule has 3 saturated heterocycles. The number of hydrogen-bond acceptors (Lipinski definition) is 23. The number of aliphatic hydroxyl groups excluding tert-OH is 1. The predicted molar refractivity (Wildman–Crippen MR) is 428 cm³/mol. The minimum Gasteiger partial charge on any atom is -0.474 e. The Kier molecular flexibility index (Phi) is 29.6. The minimum absolute atomic E-state index is 0.00257. The number of piperazine rings is 1. The number of urea groups is 1. The first-order valence-corrected chi connectivity index (χ1v) is 40.9. The third-order valence-corrected chi connectivity index (χ3v) is 24.1. The molecule has 0 saturated carbocycles. The predicted octanol–water partition coefficient (Wildman–Crippen LogP) is 8.18. The van der Waals surface area contributed by atoms with Crippen molar-refractivity contribution in [3.05, 3.63) is 128 Å². The molecular weight excluding hydrogens is 1600 g/mol. The molecule has 113 heavy (non-hydrogen) atoms. The summed E-state index contributed by atoms with van der Waals surface area (Å²) in [5.41, 5.74) is 12.3. The number of nitrogens with two attached hydrogens (primary N) is 1. The van der Waals surface area contributed by atoms with E-state index in [1.54, 1.807) is 61.6 Å². The highest BCUT2D eigenvalue weighted by Gasteiger charge is 2.45. The normalized spacial score (nSPS) is 18.8. The number of carbonyl (C=O) groups excluding carboxylic acids is 9. The van der Waals surface area contributed by atoms with Gasteiger partial charge in [-0.3, -0.25) is 53.2 Å². The minimum atomic E-state index is -1.42. The van der Waals surface area contributed by atoms with E-state index in [4.69, 9.17) is 34.3 Å². The molecule has 8 heterocycles. The van der Waals surface area contributed by atoms with E-state index in [0.717, 1.165) is 65.6 Å². The van der Waals surface area contributed by atoms with Gasteiger partial charge in [0.15, 0.2) is 18.4 Å². The molecule has 3 aromatic heterocycles. The number of piperidine rings is 1. The molecule has 8 N–H and O–H groups in total. The van der Waals surface area contributed by atoms with Gasteiger partial charge >= 0.3 is 12.1 Å². The first-order valence-electron chi connectivity index (χ1n) is 38.4. The molecule has 5 aliphatic rings. The van der Waals surface area contributed by atoms with E-state index < -0.39 is 84.0 Å². The number of fused-ring (bicyclic) bond motifs is 3. The topological polar surface area (TPSA) is 381 Å². The number of ether oxygens (including phenoxy) is 4. The summed E-state index contributed by atoms with van der Waals surface area (Å²) in [6.45, 7) is 16.8. The zero-order valence-electron chi connectivity index (χ0n) is 64.5. The van der Waals surface area contributed by atoms with E-state index in [-0.39, 0.29) is 109 Å². The number of imide groups is 1. The quantitative estimate of drug-likeness (QED) is 0.0112. The molecule has 6 aromatic rings. The molecule has 3 aromatic carbocycles. The van der Waals surface area contributed by atoms with Crippen LogP contribution in [0.15, 0.2) is 110 Å². The highest BCUT2D eigenvalue weighted by atomic mass is 79.9. The Bertz CT molecular complexity index is 4350. The number of thiazole rings is 1. The number of primary amides is 1. The van der Waals surface area contributed by atoms with Gasteiger partial charge in [0.2, 0.25) is 35.8 Å². The van der Waals surface area contributed by atoms with Crippen LogP contribution in [0.25, 0.3) is 21.7 Å². The lowest BCUT2D eigenvalue weighted by atomic mass is 9.91. The summed E-state index contributed by atoms with van der Waals surface area (Å²) in [6.07, 6.45) is 0.368. The lowest BCUT2D eigenvalue weighted by Gasteiger charge is -2.48. The fraction of sp³-hybridized carbons (Fsp3) is 0.506. The number of para-hydroxylation sites is 1. The molecule has 606 valence electrons. The SMILES string of the molecule is COCOc1ccccc1-c1cc2c(nn1)N(C(=O)OC(NC(=O)[C@H](CCCNC(N)=O)NC(=O)[C@@H](NC(=O)CCCCCN1C(=O)C(Br)=C(Br)C1=O)C(C)C)c1ccccc1)C[C@H]1CN(CC3CCN(CCOc4cc([C@H](C(=O)N5C[C@H](O)C[C@H]5C(=O)N[C@@H](C)c5ccc(-c6scnc6C)cc5)C(C)C)on4)CC3)CCN21. The third kappa shape index (κ3) is 21.5. The number of amides is 10. The maximum absolute atomic E-state index is 15.2.